The number of aliphatic hydroxyl groups is 1. The summed E-state index contributed by atoms with van der Waals surface area (Å²) in [5, 5.41) is 9.09. The molecule has 1 atom stereocenters. The normalized spacial score (nSPS) is 13.2. The number of rotatable bonds is 6. The third kappa shape index (κ3) is 5.09. The van der Waals surface area contributed by atoms with Crippen LogP contribution in [-0.4, -0.2) is 11.7 Å². The highest BCUT2D eigenvalue weighted by Crippen LogP contribution is 2.14. The van der Waals surface area contributed by atoms with E-state index in [1.54, 1.807) is 6.08 Å². The van der Waals surface area contributed by atoms with Gasteiger partial charge in [0.05, 0.1) is 0 Å². The zero-order valence-corrected chi connectivity index (χ0v) is 10.00. The van der Waals surface area contributed by atoms with Gasteiger partial charge in [-0.3, -0.25) is 0 Å². The topological polar surface area (TPSA) is 20.2 Å². The van der Waals surface area contributed by atoms with E-state index in [1.807, 2.05) is 6.08 Å². The Morgan fingerprint density at radius 1 is 1.24 bits per heavy atom. The number of hydrogen-bond acceptors (Lipinski definition) is 1. The van der Waals surface area contributed by atoms with Crippen LogP contribution in [0, 0.1) is 17.6 Å². The fraction of sp³-hybridized carbons (Fsp3) is 0.429. The minimum absolute atomic E-state index is 0.149. The molecule has 0 aromatic heterocycles. The van der Waals surface area contributed by atoms with Crippen LogP contribution in [0.25, 0.3) is 6.08 Å². The first-order valence-electron chi connectivity index (χ1n) is 5.89. The zero-order chi connectivity index (χ0) is 12.7. The highest BCUT2D eigenvalue weighted by atomic mass is 19.1. The van der Waals surface area contributed by atoms with Gasteiger partial charge in [-0.05, 0) is 36.5 Å². The van der Waals surface area contributed by atoms with Gasteiger partial charge in [0.25, 0.3) is 0 Å². The van der Waals surface area contributed by atoms with E-state index in [0.717, 1.165) is 25.3 Å². The van der Waals surface area contributed by atoms with Crippen molar-refractivity contribution in [2.45, 2.75) is 26.2 Å². The van der Waals surface area contributed by atoms with E-state index < -0.39 is 11.6 Å². The van der Waals surface area contributed by atoms with E-state index in [-0.39, 0.29) is 12.5 Å². The number of benzene rings is 1. The lowest BCUT2D eigenvalue weighted by Crippen LogP contribution is -2.03. The lowest BCUT2D eigenvalue weighted by atomic mass is 10.0. The SMILES string of the molecule is CCCC(CO)C/C=C/c1cc(F)cc(F)c1. The average Bonchev–Trinajstić information content (AvgIpc) is 2.26. The molecule has 1 rings (SSSR count). The van der Waals surface area contributed by atoms with Crippen LogP contribution in [-0.2, 0) is 0 Å². The Morgan fingerprint density at radius 3 is 2.41 bits per heavy atom. The van der Waals surface area contributed by atoms with Crippen LogP contribution < -0.4 is 0 Å². The van der Waals surface area contributed by atoms with E-state index in [4.69, 9.17) is 5.11 Å². The van der Waals surface area contributed by atoms with Gasteiger partial charge < -0.3 is 5.11 Å². The molecule has 0 saturated carbocycles. The summed E-state index contributed by atoms with van der Waals surface area (Å²) in [5.41, 5.74) is 0.510. The minimum atomic E-state index is -0.572. The molecule has 0 bridgehead atoms. The highest BCUT2D eigenvalue weighted by Gasteiger charge is 2.03. The third-order valence-electron chi connectivity index (χ3n) is 2.62. The molecular weight excluding hydrogens is 222 g/mol. The summed E-state index contributed by atoms with van der Waals surface area (Å²) in [6.07, 6.45) is 6.24. The Kier molecular flexibility index (Phi) is 5.84. The Morgan fingerprint density at radius 2 is 1.88 bits per heavy atom. The van der Waals surface area contributed by atoms with Gasteiger partial charge in [0.2, 0.25) is 0 Å². The van der Waals surface area contributed by atoms with Crippen molar-refractivity contribution in [2.24, 2.45) is 5.92 Å². The molecule has 1 N–H and O–H groups in total. The summed E-state index contributed by atoms with van der Waals surface area (Å²) in [4.78, 5) is 0. The second-order valence-electron chi connectivity index (χ2n) is 4.18. The predicted molar refractivity (Wildman–Crippen MR) is 65.5 cm³/mol. The maximum Gasteiger partial charge on any atom is 0.126 e. The summed E-state index contributed by atoms with van der Waals surface area (Å²) in [6, 6.07) is 3.42. The summed E-state index contributed by atoms with van der Waals surface area (Å²) < 4.78 is 25.8. The summed E-state index contributed by atoms with van der Waals surface area (Å²) >= 11 is 0. The molecule has 1 unspecified atom stereocenters. The fourth-order valence-corrected chi connectivity index (χ4v) is 1.76. The minimum Gasteiger partial charge on any atom is -0.396 e. The Bertz CT molecular complexity index is 354. The lowest BCUT2D eigenvalue weighted by molar-refractivity contribution is 0.219. The Hall–Kier alpha value is -1.22. The first kappa shape index (κ1) is 13.8. The van der Waals surface area contributed by atoms with E-state index in [9.17, 15) is 8.78 Å². The Balaban J connectivity index is 2.57. The van der Waals surface area contributed by atoms with Crippen molar-refractivity contribution in [3.8, 4) is 0 Å². The van der Waals surface area contributed by atoms with E-state index in [1.165, 1.54) is 12.1 Å². The molecule has 1 aromatic carbocycles. The summed E-state index contributed by atoms with van der Waals surface area (Å²) in [6.45, 7) is 2.21. The summed E-state index contributed by atoms with van der Waals surface area (Å²) in [5.74, 6) is -0.913. The second-order valence-corrected chi connectivity index (χ2v) is 4.18. The van der Waals surface area contributed by atoms with Gasteiger partial charge in [-0.25, -0.2) is 8.78 Å². The molecule has 1 nitrogen and oxygen atoms in total. The van der Waals surface area contributed by atoms with Gasteiger partial charge in [-0.1, -0.05) is 25.5 Å². The second kappa shape index (κ2) is 7.17. The lowest BCUT2D eigenvalue weighted by Gasteiger charge is -2.09. The van der Waals surface area contributed by atoms with Crippen LogP contribution >= 0.6 is 0 Å². The molecule has 94 valence electrons. The van der Waals surface area contributed by atoms with Crippen LogP contribution in [0.2, 0.25) is 0 Å². The maximum absolute atomic E-state index is 12.9. The van der Waals surface area contributed by atoms with Gasteiger partial charge in [-0.2, -0.15) is 0 Å². The molecule has 0 aliphatic carbocycles. The molecule has 0 amide bonds. The van der Waals surface area contributed by atoms with Gasteiger partial charge in [0.1, 0.15) is 11.6 Å². The molecule has 1 aromatic rings. The number of allylic oxidation sites excluding steroid dienone is 1. The van der Waals surface area contributed by atoms with E-state index >= 15 is 0 Å². The van der Waals surface area contributed by atoms with Crippen LogP contribution in [0.4, 0.5) is 8.78 Å². The number of hydrogen-bond donors (Lipinski definition) is 1. The van der Waals surface area contributed by atoms with Crippen molar-refractivity contribution in [2.75, 3.05) is 6.61 Å². The molecule has 0 aliphatic heterocycles. The van der Waals surface area contributed by atoms with Gasteiger partial charge >= 0.3 is 0 Å². The molecule has 3 heteroatoms. The standard InChI is InChI=1S/C14H18F2O/c1-2-4-11(10-17)5-3-6-12-7-13(15)9-14(16)8-12/h3,6-9,11,17H,2,4-5,10H2,1H3/b6-3+. The largest absolute Gasteiger partial charge is 0.396 e. The van der Waals surface area contributed by atoms with Crippen molar-refractivity contribution in [3.63, 3.8) is 0 Å². The van der Waals surface area contributed by atoms with E-state index in [2.05, 4.69) is 6.92 Å². The molecule has 0 aliphatic rings. The third-order valence-corrected chi connectivity index (χ3v) is 2.62. The van der Waals surface area contributed by atoms with Gasteiger partial charge in [-0.15, -0.1) is 0 Å². The first-order valence-corrected chi connectivity index (χ1v) is 5.89. The first-order chi connectivity index (χ1) is 8.15. The molecule has 0 radical (unpaired) electrons. The molecule has 0 saturated heterocycles. The van der Waals surface area contributed by atoms with Crippen molar-refractivity contribution in [1.82, 2.24) is 0 Å². The number of halogens is 2. The van der Waals surface area contributed by atoms with Crippen molar-refractivity contribution >= 4 is 6.08 Å². The Labute approximate surface area is 101 Å². The van der Waals surface area contributed by atoms with Crippen molar-refractivity contribution in [1.29, 1.82) is 0 Å². The fourth-order valence-electron chi connectivity index (χ4n) is 1.76. The zero-order valence-electron chi connectivity index (χ0n) is 10.00. The molecule has 17 heavy (non-hydrogen) atoms. The monoisotopic (exact) mass is 240 g/mol. The predicted octanol–water partition coefficient (Wildman–Crippen LogP) is 3.78. The van der Waals surface area contributed by atoms with E-state index in [0.29, 0.717) is 5.56 Å². The number of aliphatic hydroxyl groups excluding tert-OH is 1. The molecule has 0 heterocycles. The van der Waals surface area contributed by atoms with Crippen molar-refractivity contribution in [3.05, 3.63) is 41.5 Å². The molecule has 0 spiro atoms. The van der Waals surface area contributed by atoms with Crippen LogP contribution in [0.3, 0.4) is 0 Å². The van der Waals surface area contributed by atoms with Gasteiger partial charge in [0, 0.05) is 12.7 Å². The van der Waals surface area contributed by atoms with Gasteiger partial charge in [0.15, 0.2) is 0 Å². The smallest absolute Gasteiger partial charge is 0.126 e. The maximum atomic E-state index is 12.9. The van der Waals surface area contributed by atoms with Crippen LogP contribution in [0.15, 0.2) is 24.3 Å². The highest BCUT2D eigenvalue weighted by molar-refractivity contribution is 5.49. The average molecular weight is 240 g/mol. The molecular formula is C14H18F2O. The van der Waals surface area contributed by atoms with Crippen LogP contribution in [0.1, 0.15) is 31.7 Å². The molecule has 0 fully saturated rings. The summed E-state index contributed by atoms with van der Waals surface area (Å²) in [7, 11) is 0. The quantitative estimate of drug-likeness (QED) is 0.802. The van der Waals surface area contributed by atoms with Crippen molar-refractivity contribution < 1.29 is 13.9 Å². The van der Waals surface area contributed by atoms with Crippen LogP contribution in [0.5, 0.6) is 0 Å².